The number of amides is 1. The van der Waals surface area contributed by atoms with Gasteiger partial charge in [0.1, 0.15) is 5.70 Å². The molecule has 0 bridgehead atoms. The second-order valence-electron chi connectivity index (χ2n) is 6.47. The predicted octanol–water partition coefficient (Wildman–Crippen LogP) is 1.85. The molecule has 7 heteroatoms. The molecule has 0 radical (unpaired) electrons. The molecule has 1 aromatic heterocycles. The number of benzene rings is 1. The molecule has 27 heavy (non-hydrogen) atoms. The van der Waals surface area contributed by atoms with E-state index in [0.717, 1.165) is 30.4 Å². The molecule has 6 N–H and O–H groups in total. The Kier molecular flexibility index (Phi) is 5.49. The second-order valence-corrected chi connectivity index (χ2v) is 6.47. The fraction of sp³-hybridized carbons (Fsp3) is 0.300. The van der Waals surface area contributed by atoms with Gasteiger partial charge in [-0.3, -0.25) is 4.79 Å². The van der Waals surface area contributed by atoms with Crippen LogP contribution in [-0.4, -0.2) is 31.1 Å². The average molecular weight is 367 g/mol. The minimum Gasteiger partial charge on any atom is -0.481 e. The second kappa shape index (κ2) is 7.99. The summed E-state index contributed by atoms with van der Waals surface area (Å²) in [6.45, 7) is 0. The number of anilines is 1. The summed E-state index contributed by atoms with van der Waals surface area (Å²) in [5.74, 6) is 0.194. The number of pyridine rings is 1. The summed E-state index contributed by atoms with van der Waals surface area (Å²) in [5.41, 5.74) is 15.9. The summed E-state index contributed by atoms with van der Waals surface area (Å²) in [5, 5.41) is 5.98. The number of aromatic nitrogens is 1. The number of rotatable bonds is 6. The molecule has 7 nitrogen and oxygen atoms in total. The molecule has 3 rings (SSSR count). The third-order valence-electron chi connectivity index (χ3n) is 4.83. The van der Waals surface area contributed by atoms with Gasteiger partial charge in [0.25, 0.3) is 5.91 Å². The number of hydrogen-bond acceptors (Lipinski definition) is 6. The molecule has 1 saturated carbocycles. The Labute approximate surface area is 158 Å². The van der Waals surface area contributed by atoms with Crippen molar-refractivity contribution in [1.29, 1.82) is 0 Å². The molecule has 1 amide bonds. The molecule has 1 fully saturated rings. The smallest absolute Gasteiger partial charge is 0.269 e. The summed E-state index contributed by atoms with van der Waals surface area (Å²) in [4.78, 5) is 16.7. The van der Waals surface area contributed by atoms with E-state index in [4.69, 9.17) is 16.2 Å². The summed E-state index contributed by atoms with van der Waals surface area (Å²) < 4.78 is 5.35. The van der Waals surface area contributed by atoms with E-state index in [2.05, 4.69) is 15.6 Å². The first-order chi connectivity index (χ1) is 13.1. The van der Waals surface area contributed by atoms with E-state index in [1.165, 1.54) is 0 Å². The monoisotopic (exact) mass is 367 g/mol. The summed E-state index contributed by atoms with van der Waals surface area (Å²) >= 11 is 0. The minimum absolute atomic E-state index is 0.117. The number of nitrogens with zero attached hydrogens (tertiary/aromatic N) is 1. The van der Waals surface area contributed by atoms with Crippen molar-refractivity contribution in [3.63, 3.8) is 0 Å². The first-order valence-corrected chi connectivity index (χ1v) is 8.93. The molecular formula is C20H25N5O2. The lowest BCUT2D eigenvalue weighted by molar-refractivity contribution is -0.118. The Hall–Kier alpha value is -3.22. The minimum atomic E-state index is -0.284. The van der Waals surface area contributed by atoms with Crippen LogP contribution in [0.1, 0.15) is 24.8 Å². The van der Waals surface area contributed by atoms with Crippen molar-refractivity contribution in [2.75, 3.05) is 19.9 Å². The van der Waals surface area contributed by atoms with Crippen molar-refractivity contribution >= 4 is 17.3 Å². The molecule has 0 saturated heterocycles. The molecule has 1 aliphatic rings. The molecule has 1 aliphatic carbocycles. The van der Waals surface area contributed by atoms with E-state index in [0.29, 0.717) is 22.8 Å². The lowest BCUT2D eigenvalue weighted by Gasteiger charge is -2.27. The Morgan fingerprint density at radius 3 is 2.59 bits per heavy atom. The maximum atomic E-state index is 12.5. The van der Waals surface area contributed by atoms with Gasteiger partial charge in [-0.1, -0.05) is 18.2 Å². The van der Waals surface area contributed by atoms with Crippen LogP contribution in [0.25, 0.3) is 16.8 Å². The number of hydrogen-bond donors (Lipinski definition) is 4. The molecule has 2 aromatic rings. The third kappa shape index (κ3) is 3.67. The molecule has 0 aliphatic heterocycles. The van der Waals surface area contributed by atoms with E-state index >= 15 is 0 Å². The molecule has 142 valence electrons. The fourth-order valence-corrected chi connectivity index (χ4v) is 3.12. The zero-order valence-electron chi connectivity index (χ0n) is 15.6. The standard InChI is InChI=1S/C20H25N5O2/c1-23-18(17(22)19(26)25-12-6-3-7-12)15-9-4-8-13(16(15)21)14-10-5-11-24-20(14)27-2/h4-5,8-12,23H,3,6-7,21-22H2,1-2H3,(H,25,26)/b18-17+. The quantitative estimate of drug-likeness (QED) is 0.457. The molecule has 1 heterocycles. The Bertz CT molecular complexity index is 874. The van der Waals surface area contributed by atoms with Gasteiger partial charge in [-0.15, -0.1) is 0 Å². The molecule has 0 unspecified atom stereocenters. The van der Waals surface area contributed by atoms with Gasteiger partial charge < -0.3 is 26.8 Å². The number of carbonyl (C=O) groups is 1. The van der Waals surface area contributed by atoms with Crippen LogP contribution in [0.15, 0.2) is 42.2 Å². The number of methoxy groups -OCH3 is 1. The number of nitrogen functional groups attached to an aromatic ring is 1. The Morgan fingerprint density at radius 1 is 1.22 bits per heavy atom. The van der Waals surface area contributed by atoms with Gasteiger partial charge in [0.15, 0.2) is 0 Å². The lowest BCUT2D eigenvalue weighted by Crippen LogP contribution is -2.42. The molecule has 0 atom stereocenters. The topological polar surface area (TPSA) is 115 Å². The van der Waals surface area contributed by atoms with Crippen LogP contribution >= 0.6 is 0 Å². The van der Waals surface area contributed by atoms with Crippen molar-refractivity contribution < 1.29 is 9.53 Å². The van der Waals surface area contributed by atoms with E-state index in [9.17, 15) is 4.79 Å². The van der Waals surface area contributed by atoms with Crippen molar-refractivity contribution in [3.8, 4) is 17.0 Å². The van der Waals surface area contributed by atoms with E-state index in [1.807, 2.05) is 30.3 Å². The zero-order valence-corrected chi connectivity index (χ0v) is 15.6. The van der Waals surface area contributed by atoms with Crippen LogP contribution in [0.4, 0.5) is 5.69 Å². The van der Waals surface area contributed by atoms with E-state index in [-0.39, 0.29) is 17.6 Å². The van der Waals surface area contributed by atoms with Crippen LogP contribution < -0.4 is 26.8 Å². The van der Waals surface area contributed by atoms with Crippen LogP contribution in [0.3, 0.4) is 0 Å². The first-order valence-electron chi connectivity index (χ1n) is 8.93. The summed E-state index contributed by atoms with van der Waals surface area (Å²) in [7, 11) is 3.28. The van der Waals surface area contributed by atoms with Gasteiger partial charge in [0, 0.05) is 41.7 Å². The van der Waals surface area contributed by atoms with Gasteiger partial charge in [-0.25, -0.2) is 4.98 Å². The first kappa shape index (κ1) is 18.6. The van der Waals surface area contributed by atoms with Crippen molar-refractivity contribution in [2.24, 2.45) is 5.73 Å². The summed E-state index contributed by atoms with van der Waals surface area (Å²) in [6.07, 6.45) is 4.78. The van der Waals surface area contributed by atoms with E-state index < -0.39 is 0 Å². The van der Waals surface area contributed by atoms with Crippen molar-refractivity contribution in [3.05, 3.63) is 47.8 Å². The van der Waals surface area contributed by atoms with Gasteiger partial charge in [0.2, 0.25) is 5.88 Å². The highest BCUT2D eigenvalue weighted by atomic mass is 16.5. The van der Waals surface area contributed by atoms with Gasteiger partial charge in [-0.05, 0) is 31.4 Å². The maximum absolute atomic E-state index is 12.5. The normalized spacial score (nSPS) is 14.7. The highest BCUT2D eigenvalue weighted by Crippen LogP contribution is 2.35. The van der Waals surface area contributed by atoms with E-state index in [1.54, 1.807) is 20.4 Å². The highest BCUT2D eigenvalue weighted by molar-refractivity contribution is 6.02. The highest BCUT2D eigenvalue weighted by Gasteiger charge is 2.23. The zero-order chi connectivity index (χ0) is 19.4. The number of nitrogens with two attached hydrogens (primary N) is 2. The van der Waals surface area contributed by atoms with Gasteiger partial charge in [-0.2, -0.15) is 0 Å². The fourth-order valence-electron chi connectivity index (χ4n) is 3.12. The summed E-state index contributed by atoms with van der Waals surface area (Å²) in [6, 6.07) is 9.49. The predicted molar refractivity (Wildman–Crippen MR) is 107 cm³/mol. The van der Waals surface area contributed by atoms with Crippen LogP contribution in [0.2, 0.25) is 0 Å². The molecule has 1 aromatic carbocycles. The maximum Gasteiger partial charge on any atom is 0.269 e. The third-order valence-corrected chi connectivity index (χ3v) is 4.83. The number of carbonyl (C=O) groups excluding carboxylic acids is 1. The van der Waals surface area contributed by atoms with Crippen LogP contribution in [-0.2, 0) is 4.79 Å². The van der Waals surface area contributed by atoms with Crippen molar-refractivity contribution in [1.82, 2.24) is 15.6 Å². The number of nitrogens with one attached hydrogen (secondary N) is 2. The SMILES string of the molecule is CN/C(=C(/N)C(=O)NC1CCC1)c1cccc(-c2cccnc2OC)c1N. The average Bonchev–Trinajstić information content (AvgIpc) is 2.66. The Morgan fingerprint density at radius 2 is 1.96 bits per heavy atom. The number of ether oxygens (including phenoxy) is 1. The van der Waals surface area contributed by atoms with Crippen molar-refractivity contribution in [2.45, 2.75) is 25.3 Å². The van der Waals surface area contributed by atoms with Gasteiger partial charge in [0.05, 0.1) is 12.8 Å². The van der Waals surface area contributed by atoms with Crippen LogP contribution in [0.5, 0.6) is 5.88 Å². The van der Waals surface area contributed by atoms with Crippen LogP contribution in [0, 0.1) is 0 Å². The molecule has 0 spiro atoms. The lowest BCUT2D eigenvalue weighted by atomic mass is 9.93. The Balaban J connectivity index is 2.02. The largest absolute Gasteiger partial charge is 0.481 e. The molecular weight excluding hydrogens is 342 g/mol. The number of para-hydroxylation sites is 1. The van der Waals surface area contributed by atoms with Gasteiger partial charge >= 0.3 is 0 Å².